The normalized spacial score (nSPS) is 25.2. The van der Waals surface area contributed by atoms with Crippen molar-refractivity contribution in [1.29, 1.82) is 0 Å². The molecule has 0 aromatic rings. The van der Waals surface area contributed by atoms with Crippen LogP contribution in [0.15, 0.2) is 0 Å². The summed E-state index contributed by atoms with van der Waals surface area (Å²) in [6.07, 6.45) is 5.72. The van der Waals surface area contributed by atoms with E-state index >= 15 is 0 Å². The minimum absolute atomic E-state index is 0.0191. The highest BCUT2D eigenvalue weighted by Gasteiger charge is 2.46. The number of hydrogen-bond donors (Lipinski definition) is 2. The number of ether oxygens (including phenoxy) is 1. The van der Waals surface area contributed by atoms with Crippen LogP contribution in [0.3, 0.4) is 0 Å². The monoisotopic (exact) mass is 366 g/mol. The van der Waals surface area contributed by atoms with Gasteiger partial charge in [0.2, 0.25) is 0 Å². The number of urea groups is 2. The molecule has 1 aliphatic carbocycles. The van der Waals surface area contributed by atoms with Crippen LogP contribution in [-0.4, -0.2) is 71.8 Å². The van der Waals surface area contributed by atoms with Crippen LogP contribution in [0.4, 0.5) is 9.59 Å². The van der Waals surface area contributed by atoms with Crippen molar-refractivity contribution in [1.82, 2.24) is 20.4 Å². The van der Waals surface area contributed by atoms with Crippen LogP contribution in [0.25, 0.3) is 0 Å². The Kier molecular flexibility index (Phi) is 5.95. The first kappa shape index (κ1) is 19.3. The summed E-state index contributed by atoms with van der Waals surface area (Å²) in [5, 5.41) is 5.95. The Hall–Kier alpha value is -1.50. The molecule has 1 atom stereocenters. The highest BCUT2D eigenvalue weighted by molar-refractivity contribution is 5.75. The molecule has 4 amide bonds. The average Bonchev–Trinajstić information content (AvgIpc) is 3.40. The van der Waals surface area contributed by atoms with Crippen molar-refractivity contribution in [2.45, 2.75) is 83.0 Å². The third kappa shape index (κ3) is 4.42. The molecule has 1 unspecified atom stereocenters. The average molecular weight is 367 g/mol. The fourth-order valence-electron chi connectivity index (χ4n) is 4.27. The van der Waals surface area contributed by atoms with Gasteiger partial charge in [-0.3, -0.25) is 0 Å². The highest BCUT2D eigenvalue weighted by Crippen LogP contribution is 2.40. The van der Waals surface area contributed by atoms with Crippen LogP contribution in [0.2, 0.25) is 0 Å². The maximum absolute atomic E-state index is 12.7. The van der Waals surface area contributed by atoms with E-state index in [1.807, 2.05) is 25.7 Å². The molecule has 7 heteroatoms. The van der Waals surface area contributed by atoms with E-state index in [2.05, 4.69) is 15.5 Å². The van der Waals surface area contributed by atoms with E-state index in [1.54, 1.807) is 0 Å². The van der Waals surface area contributed by atoms with E-state index in [0.29, 0.717) is 19.2 Å². The zero-order valence-electron chi connectivity index (χ0n) is 16.4. The van der Waals surface area contributed by atoms with Crippen molar-refractivity contribution in [3.63, 3.8) is 0 Å². The van der Waals surface area contributed by atoms with Gasteiger partial charge in [-0.05, 0) is 59.3 Å². The fourth-order valence-corrected chi connectivity index (χ4v) is 4.27. The minimum Gasteiger partial charge on any atom is -0.375 e. The number of hydrogen-bond acceptors (Lipinski definition) is 3. The van der Waals surface area contributed by atoms with Gasteiger partial charge in [-0.2, -0.15) is 0 Å². The maximum Gasteiger partial charge on any atom is 0.318 e. The summed E-state index contributed by atoms with van der Waals surface area (Å²) < 4.78 is 6.22. The molecule has 7 nitrogen and oxygen atoms in total. The molecule has 3 fully saturated rings. The number of nitrogens with one attached hydrogen (secondary N) is 2. The van der Waals surface area contributed by atoms with Crippen molar-refractivity contribution in [3.8, 4) is 0 Å². The van der Waals surface area contributed by atoms with E-state index < -0.39 is 0 Å². The van der Waals surface area contributed by atoms with Gasteiger partial charge in [0.1, 0.15) is 0 Å². The maximum atomic E-state index is 12.7. The predicted octanol–water partition coefficient (Wildman–Crippen LogP) is 2.31. The van der Waals surface area contributed by atoms with Gasteiger partial charge in [0.25, 0.3) is 0 Å². The summed E-state index contributed by atoms with van der Waals surface area (Å²) in [5.41, 5.74) is -0.183. The smallest absolute Gasteiger partial charge is 0.318 e. The van der Waals surface area contributed by atoms with Crippen molar-refractivity contribution in [2.24, 2.45) is 0 Å². The summed E-state index contributed by atoms with van der Waals surface area (Å²) in [6, 6.07) is 0.878. The van der Waals surface area contributed by atoms with Gasteiger partial charge in [-0.25, -0.2) is 9.59 Å². The van der Waals surface area contributed by atoms with Gasteiger partial charge >= 0.3 is 12.1 Å². The quantitative estimate of drug-likeness (QED) is 0.802. The lowest BCUT2D eigenvalue weighted by Gasteiger charge is -2.48. The van der Waals surface area contributed by atoms with Crippen LogP contribution < -0.4 is 10.6 Å². The number of carbonyl (C=O) groups excluding carboxylic acids is 2. The Morgan fingerprint density at radius 1 is 1.19 bits per heavy atom. The fraction of sp³-hybridized carbons (Fsp3) is 0.895. The molecule has 26 heavy (non-hydrogen) atoms. The lowest BCUT2D eigenvalue weighted by atomic mass is 9.82. The number of rotatable bonds is 4. The van der Waals surface area contributed by atoms with E-state index in [4.69, 9.17) is 4.74 Å². The van der Waals surface area contributed by atoms with Gasteiger partial charge in [-0.1, -0.05) is 0 Å². The van der Waals surface area contributed by atoms with Crippen molar-refractivity contribution < 1.29 is 14.3 Å². The lowest BCUT2D eigenvalue weighted by molar-refractivity contribution is -0.125. The molecule has 2 aliphatic heterocycles. The molecule has 0 bridgehead atoms. The molecule has 148 valence electrons. The largest absolute Gasteiger partial charge is 0.375 e. The molecule has 3 rings (SSSR count). The minimum atomic E-state index is -0.183. The molecular weight excluding hydrogens is 332 g/mol. The van der Waals surface area contributed by atoms with Crippen molar-refractivity contribution in [2.75, 3.05) is 26.2 Å². The first-order chi connectivity index (χ1) is 12.4. The lowest BCUT2D eigenvalue weighted by Crippen LogP contribution is -2.58. The first-order valence-electron chi connectivity index (χ1n) is 10.2. The standard InChI is InChI=1S/C19H34N4O3/c1-4-20-17(24)22-10-8-19(9-11-22)13-16(7-12-26-19)23(15-5-6-15)18(25)21-14(2)3/h14-16H,4-13H2,1-3H3,(H,20,24)(H,21,25). The second-order valence-electron chi connectivity index (χ2n) is 8.24. The third-order valence-electron chi connectivity index (χ3n) is 5.74. The van der Waals surface area contributed by atoms with Gasteiger partial charge in [-0.15, -0.1) is 0 Å². The molecule has 2 N–H and O–H groups in total. The van der Waals surface area contributed by atoms with E-state index in [0.717, 1.165) is 51.6 Å². The third-order valence-corrected chi connectivity index (χ3v) is 5.74. The Morgan fingerprint density at radius 2 is 1.88 bits per heavy atom. The summed E-state index contributed by atoms with van der Waals surface area (Å²) in [5.74, 6) is 0. The first-order valence-corrected chi connectivity index (χ1v) is 10.2. The van der Waals surface area contributed by atoms with Crippen LogP contribution in [-0.2, 0) is 4.74 Å². The summed E-state index contributed by atoms with van der Waals surface area (Å²) in [4.78, 5) is 28.8. The van der Waals surface area contributed by atoms with Crippen molar-refractivity contribution >= 4 is 12.1 Å². The molecular formula is C19H34N4O3. The Labute approximate surface area is 156 Å². The molecule has 3 aliphatic rings. The zero-order chi connectivity index (χ0) is 18.7. The molecule has 0 aromatic carbocycles. The van der Waals surface area contributed by atoms with E-state index in [-0.39, 0.29) is 29.7 Å². The Bertz CT molecular complexity index is 513. The van der Waals surface area contributed by atoms with Crippen LogP contribution >= 0.6 is 0 Å². The Morgan fingerprint density at radius 3 is 2.46 bits per heavy atom. The Balaban J connectivity index is 1.61. The van der Waals surface area contributed by atoms with Crippen LogP contribution in [0.1, 0.15) is 59.3 Å². The molecule has 0 aromatic heterocycles. The van der Waals surface area contributed by atoms with E-state index in [9.17, 15) is 9.59 Å². The van der Waals surface area contributed by atoms with Gasteiger partial charge < -0.3 is 25.2 Å². The molecule has 2 heterocycles. The number of carbonyl (C=O) groups is 2. The van der Waals surface area contributed by atoms with Crippen LogP contribution in [0, 0.1) is 0 Å². The molecule has 1 saturated carbocycles. The number of nitrogens with zero attached hydrogens (tertiary/aromatic N) is 2. The number of piperidine rings is 1. The summed E-state index contributed by atoms with van der Waals surface area (Å²) in [6.45, 7) is 8.74. The zero-order valence-corrected chi connectivity index (χ0v) is 16.4. The van der Waals surface area contributed by atoms with Gasteiger partial charge in [0.15, 0.2) is 0 Å². The van der Waals surface area contributed by atoms with Crippen LogP contribution in [0.5, 0.6) is 0 Å². The molecule has 1 spiro atoms. The molecule has 0 radical (unpaired) electrons. The van der Waals surface area contributed by atoms with Gasteiger partial charge in [0.05, 0.1) is 5.60 Å². The van der Waals surface area contributed by atoms with E-state index in [1.165, 1.54) is 0 Å². The number of amides is 4. The summed E-state index contributed by atoms with van der Waals surface area (Å²) in [7, 11) is 0. The SMILES string of the molecule is CCNC(=O)N1CCC2(CC1)CC(N(C(=O)NC(C)C)C1CC1)CCO2. The second kappa shape index (κ2) is 8.03. The summed E-state index contributed by atoms with van der Waals surface area (Å²) >= 11 is 0. The van der Waals surface area contributed by atoms with Crippen molar-refractivity contribution in [3.05, 3.63) is 0 Å². The molecule has 2 saturated heterocycles. The highest BCUT2D eigenvalue weighted by atomic mass is 16.5. The number of likely N-dealkylation sites (tertiary alicyclic amines) is 1. The predicted molar refractivity (Wildman–Crippen MR) is 100 cm³/mol. The topological polar surface area (TPSA) is 73.9 Å². The second-order valence-corrected chi connectivity index (χ2v) is 8.24. The van der Waals surface area contributed by atoms with Gasteiger partial charge in [0, 0.05) is 44.4 Å².